The van der Waals surface area contributed by atoms with Crippen LogP contribution < -0.4 is 10.2 Å². The maximum atomic E-state index is 5.80. The first kappa shape index (κ1) is 15.3. The molecule has 1 aromatic rings. The highest BCUT2D eigenvalue weighted by Gasteiger charge is 2.23. The Morgan fingerprint density at radius 2 is 2.35 bits per heavy atom. The number of pyridine rings is 1. The fraction of sp³-hybridized carbons (Fsp3) is 0.688. The van der Waals surface area contributed by atoms with E-state index in [1.165, 1.54) is 12.0 Å². The minimum Gasteiger partial charge on any atom is -0.377 e. The number of nitrogens with one attached hydrogen (secondary N) is 1. The number of hydrogen-bond acceptors (Lipinski definition) is 4. The molecule has 0 amide bonds. The van der Waals surface area contributed by atoms with Gasteiger partial charge in [-0.3, -0.25) is 0 Å². The smallest absolute Gasteiger partial charge is 0.133 e. The molecule has 0 aromatic carbocycles. The molecule has 4 heteroatoms. The monoisotopic (exact) mass is 277 g/mol. The third-order valence-corrected chi connectivity index (χ3v) is 3.87. The summed E-state index contributed by atoms with van der Waals surface area (Å²) in [6.07, 6.45) is 4.57. The minimum absolute atomic E-state index is 0.330. The van der Waals surface area contributed by atoms with Crippen molar-refractivity contribution < 1.29 is 4.74 Å². The molecular formula is C16H27N3O. The lowest BCUT2D eigenvalue weighted by molar-refractivity contribution is 0.0524. The van der Waals surface area contributed by atoms with Crippen molar-refractivity contribution in [3.8, 4) is 0 Å². The van der Waals surface area contributed by atoms with Crippen molar-refractivity contribution in [2.45, 2.75) is 45.8 Å². The molecule has 0 spiro atoms. The molecule has 1 aromatic heterocycles. The predicted octanol–water partition coefficient (Wildman–Crippen LogP) is 2.76. The standard InChI is InChI=1S/C16H27N3O/c1-4-17-13(3)15-9-6-10-18-16(15)19-11-7-8-14(12-19)20-5-2/h6,9-10,13-14,17H,4-5,7-8,11-12H2,1-3H3. The molecule has 4 nitrogen and oxygen atoms in total. The lowest BCUT2D eigenvalue weighted by Gasteiger charge is -2.35. The van der Waals surface area contributed by atoms with Gasteiger partial charge in [-0.05, 0) is 39.3 Å². The summed E-state index contributed by atoms with van der Waals surface area (Å²) in [7, 11) is 0. The molecule has 2 atom stereocenters. The average Bonchev–Trinajstić information content (AvgIpc) is 2.48. The molecule has 0 saturated carbocycles. The number of anilines is 1. The normalized spacial score (nSPS) is 20.9. The SMILES string of the molecule is CCNC(C)c1cccnc1N1CCCC(OCC)C1. The van der Waals surface area contributed by atoms with E-state index < -0.39 is 0 Å². The molecule has 0 bridgehead atoms. The molecule has 1 aliphatic heterocycles. The molecule has 1 aliphatic rings. The largest absolute Gasteiger partial charge is 0.377 e. The second kappa shape index (κ2) is 7.60. The van der Waals surface area contributed by atoms with Crippen LogP contribution in [0, 0.1) is 0 Å². The maximum Gasteiger partial charge on any atom is 0.133 e. The summed E-state index contributed by atoms with van der Waals surface area (Å²) in [6.45, 7) is 10.2. The Balaban J connectivity index is 2.14. The van der Waals surface area contributed by atoms with Gasteiger partial charge >= 0.3 is 0 Å². The summed E-state index contributed by atoms with van der Waals surface area (Å²) in [5.41, 5.74) is 1.28. The minimum atomic E-state index is 0.330. The zero-order valence-corrected chi connectivity index (χ0v) is 12.9. The first-order valence-electron chi connectivity index (χ1n) is 7.81. The van der Waals surface area contributed by atoms with E-state index in [0.29, 0.717) is 12.1 Å². The van der Waals surface area contributed by atoms with E-state index in [9.17, 15) is 0 Å². The highest BCUT2D eigenvalue weighted by atomic mass is 16.5. The van der Waals surface area contributed by atoms with E-state index in [0.717, 1.165) is 38.5 Å². The van der Waals surface area contributed by atoms with Crippen LogP contribution in [0.25, 0.3) is 0 Å². The molecule has 2 heterocycles. The van der Waals surface area contributed by atoms with Gasteiger partial charge in [0, 0.05) is 37.5 Å². The molecule has 1 fully saturated rings. The summed E-state index contributed by atoms with van der Waals surface area (Å²) in [4.78, 5) is 7.01. The van der Waals surface area contributed by atoms with Crippen LogP contribution in [0.15, 0.2) is 18.3 Å². The summed E-state index contributed by atoms with van der Waals surface area (Å²) < 4.78 is 5.80. The van der Waals surface area contributed by atoms with E-state index in [-0.39, 0.29) is 0 Å². The second-order valence-corrected chi connectivity index (χ2v) is 5.36. The van der Waals surface area contributed by atoms with Crippen molar-refractivity contribution in [3.05, 3.63) is 23.9 Å². The van der Waals surface area contributed by atoms with Gasteiger partial charge in [0.05, 0.1) is 6.10 Å². The van der Waals surface area contributed by atoms with Gasteiger partial charge in [-0.15, -0.1) is 0 Å². The summed E-state index contributed by atoms with van der Waals surface area (Å²) in [6, 6.07) is 4.53. The molecule has 0 radical (unpaired) electrons. The van der Waals surface area contributed by atoms with Gasteiger partial charge in [-0.2, -0.15) is 0 Å². The Kier molecular flexibility index (Phi) is 5.80. The molecule has 1 saturated heterocycles. The first-order valence-corrected chi connectivity index (χ1v) is 7.81. The third-order valence-electron chi connectivity index (χ3n) is 3.87. The van der Waals surface area contributed by atoms with Crippen molar-refractivity contribution in [3.63, 3.8) is 0 Å². The van der Waals surface area contributed by atoms with Crippen molar-refractivity contribution >= 4 is 5.82 Å². The van der Waals surface area contributed by atoms with E-state index in [1.807, 2.05) is 12.3 Å². The molecule has 112 valence electrons. The second-order valence-electron chi connectivity index (χ2n) is 5.36. The van der Waals surface area contributed by atoms with Crippen LogP contribution in [-0.2, 0) is 4.74 Å². The topological polar surface area (TPSA) is 37.4 Å². The predicted molar refractivity (Wildman–Crippen MR) is 83.2 cm³/mol. The fourth-order valence-electron chi connectivity index (χ4n) is 2.93. The van der Waals surface area contributed by atoms with Gasteiger partial charge in [0.1, 0.15) is 5.82 Å². The van der Waals surface area contributed by atoms with Crippen LogP contribution in [0.3, 0.4) is 0 Å². The van der Waals surface area contributed by atoms with Gasteiger partial charge in [-0.1, -0.05) is 13.0 Å². The van der Waals surface area contributed by atoms with Gasteiger partial charge in [-0.25, -0.2) is 4.98 Å². The average molecular weight is 277 g/mol. The fourth-order valence-corrected chi connectivity index (χ4v) is 2.93. The number of piperidine rings is 1. The van der Waals surface area contributed by atoms with Crippen molar-refractivity contribution in [1.82, 2.24) is 10.3 Å². The van der Waals surface area contributed by atoms with Crippen LogP contribution in [0.4, 0.5) is 5.82 Å². The molecule has 0 aliphatic carbocycles. The van der Waals surface area contributed by atoms with Crippen molar-refractivity contribution in [1.29, 1.82) is 0 Å². The quantitative estimate of drug-likeness (QED) is 0.867. The lowest BCUT2D eigenvalue weighted by atomic mass is 10.0. The summed E-state index contributed by atoms with van der Waals surface area (Å²) in [5.74, 6) is 1.12. The third kappa shape index (κ3) is 3.70. The maximum absolute atomic E-state index is 5.80. The van der Waals surface area contributed by atoms with Gasteiger partial charge in [0.2, 0.25) is 0 Å². The number of ether oxygens (including phenoxy) is 1. The Hall–Kier alpha value is -1.13. The summed E-state index contributed by atoms with van der Waals surface area (Å²) >= 11 is 0. The zero-order valence-electron chi connectivity index (χ0n) is 12.9. The lowest BCUT2D eigenvalue weighted by Crippen LogP contribution is -2.41. The number of aromatic nitrogens is 1. The van der Waals surface area contributed by atoms with Crippen LogP contribution in [0.1, 0.15) is 45.2 Å². The van der Waals surface area contributed by atoms with E-state index in [2.05, 4.69) is 42.0 Å². The molecule has 20 heavy (non-hydrogen) atoms. The molecular weight excluding hydrogens is 250 g/mol. The van der Waals surface area contributed by atoms with E-state index >= 15 is 0 Å². The number of rotatable bonds is 6. The highest BCUT2D eigenvalue weighted by molar-refractivity contribution is 5.48. The number of hydrogen-bond donors (Lipinski definition) is 1. The van der Waals surface area contributed by atoms with Gasteiger partial charge in [0.15, 0.2) is 0 Å². The van der Waals surface area contributed by atoms with Crippen LogP contribution >= 0.6 is 0 Å². The Bertz CT molecular complexity index is 408. The zero-order chi connectivity index (χ0) is 14.4. The Labute approximate surface area is 122 Å². The van der Waals surface area contributed by atoms with Crippen LogP contribution in [0.5, 0.6) is 0 Å². The molecule has 1 N–H and O–H groups in total. The number of nitrogens with zero attached hydrogens (tertiary/aromatic N) is 2. The molecule has 2 rings (SSSR count). The van der Waals surface area contributed by atoms with Crippen molar-refractivity contribution in [2.75, 3.05) is 31.1 Å². The van der Waals surface area contributed by atoms with Crippen LogP contribution in [-0.4, -0.2) is 37.3 Å². The Morgan fingerprint density at radius 1 is 1.50 bits per heavy atom. The van der Waals surface area contributed by atoms with E-state index in [4.69, 9.17) is 4.74 Å². The van der Waals surface area contributed by atoms with Crippen molar-refractivity contribution in [2.24, 2.45) is 0 Å². The first-order chi connectivity index (χ1) is 9.76. The summed E-state index contributed by atoms with van der Waals surface area (Å²) in [5, 5.41) is 3.48. The highest BCUT2D eigenvalue weighted by Crippen LogP contribution is 2.27. The Morgan fingerprint density at radius 3 is 3.10 bits per heavy atom. The van der Waals surface area contributed by atoms with Gasteiger partial charge < -0.3 is 15.0 Å². The van der Waals surface area contributed by atoms with Crippen LogP contribution in [0.2, 0.25) is 0 Å². The molecule has 2 unspecified atom stereocenters. The van der Waals surface area contributed by atoms with E-state index in [1.54, 1.807) is 0 Å². The van der Waals surface area contributed by atoms with Gasteiger partial charge in [0.25, 0.3) is 0 Å².